The fourth-order valence-corrected chi connectivity index (χ4v) is 2.46. The minimum absolute atomic E-state index is 0.0478. The van der Waals surface area contributed by atoms with E-state index in [1.165, 1.54) is 22.8 Å². The third kappa shape index (κ3) is 3.93. The van der Waals surface area contributed by atoms with Gasteiger partial charge >= 0.3 is 0 Å². The fourth-order valence-electron chi connectivity index (χ4n) is 1.86. The Bertz CT molecular complexity index is 797. The molecule has 1 aromatic carbocycles. The number of hydrogen-bond acceptors (Lipinski definition) is 4. The molecule has 21 heavy (non-hydrogen) atoms. The highest BCUT2D eigenvalue weighted by Gasteiger charge is 2.10. The molecule has 2 aromatic rings. The molecule has 1 aromatic heterocycles. The Kier molecular flexibility index (Phi) is 4.44. The van der Waals surface area contributed by atoms with Crippen LogP contribution in [0.25, 0.3) is 0 Å². The minimum Gasteiger partial charge on any atom is -0.491 e. The second-order valence-corrected chi connectivity index (χ2v) is 6.11. The Morgan fingerprint density at radius 2 is 2.00 bits per heavy atom. The van der Waals surface area contributed by atoms with Crippen molar-refractivity contribution in [3.63, 3.8) is 0 Å². The van der Waals surface area contributed by atoms with Crippen LogP contribution in [0.2, 0.25) is 0 Å². The van der Waals surface area contributed by atoms with E-state index < -0.39 is 10.0 Å². The maximum absolute atomic E-state index is 11.5. The van der Waals surface area contributed by atoms with Gasteiger partial charge in [-0.1, -0.05) is 6.07 Å². The molecule has 6 nitrogen and oxygen atoms in total. The second kappa shape index (κ2) is 6.11. The zero-order chi connectivity index (χ0) is 15.5. The average Bonchev–Trinajstić information content (AvgIpc) is 2.41. The Morgan fingerprint density at radius 1 is 1.24 bits per heavy atom. The summed E-state index contributed by atoms with van der Waals surface area (Å²) in [5, 5.41) is 5.06. The smallest absolute Gasteiger partial charge is 0.250 e. The molecule has 0 unspecified atom stereocenters. The molecule has 0 radical (unpaired) electrons. The molecule has 2 rings (SSSR count). The van der Waals surface area contributed by atoms with Crippen LogP contribution in [0.4, 0.5) is 0 Å². The highest BCUT2D eigenvalue weighted by molar-refractivity contribution is 7.89. The molecule has 0 atom stereocenters. The van der Waals surface area contributed by atoms with Crippen molar-refractivity contribution in [3.05, 3.63) is 58.5 Å². The maximum atomic E-state index is 11.5. The zero-order valence-corrected chi connectivity index (χ0v) is 12.3. The van der Waals surface area contributed by atoms with E-state index in [-0.39, 0.29) is 10.5 Å². The van der Waals surface area contributed by atoms with Gasteiger partial charge in [0.1, 0.15) is 12.4 Å². The van der Waals surface area contributed by atoms with Crippen molar-refractivity contribution in [2.24, 2.45) is 5.14 Å². The van der Waals surface area contributed by atoms with Crippen LogP contribution in [-0.4, -0.2) is 19.6 Å². The lowest BCUT2D eigenvalue weighted by Crippen LogP contribution is -2.21. The normalized spacial score (nSPS) is 11.3. The molecule has 0 bridgehead atoms. The number of primary sulfonamides is 1. The highest BCUT2D eigenvalue weighted by Crippen LogP contribution is 2.21. The molecule has 1 heterocycles. The molecular formula is C14H16N2O4S. The molecule has 2 N–H and O–H groups in total. The number of benzene rings is 1. The van der Waals surface area contributed by atoms with Crippen LogP contribution in [-0.2, 0) is 16.6 Å². The molecule has 7 heteroatoms. The standard InChI is InChI=1S/C14H16N2O4S/c1-11-10-12(21(15,18)19)5-6-13(11)20-9-8-16-7-3-2-4-14(16)17/h2-7,10H,8-9H2,1H3,(H2,15,18,19). The summed E-state index contributed by atoms with van der Waals surface area (Å²) in [4.78, 5) is 11.6. The Morgan fingerprint density at radius 3 is 2.62 bits per heavy atom. The molecule has 0 saturated carbocycles. The Hall–Kier alpha value is -2.12. The number of sulfonamides is 1. The quantitative estimate of drug-likeness (QED) is 0.887. The third-order valence-corrected chi connectivity index (χ3v) is 3.87. The van der Waals surface area contributed by atoms with Gasteiger partial charge in [0.05, 0.1) is 11.4 Å². The highest BCUT2D eigenvalue weighted by atomic mass is 32.2. The van der Waals surface area contributed by atoms with Gasteiger partial charge in [-0.15, -0.1) is 0 Å². The van der Waals surface area contributed by atoms with Gasteiger partial charge < -0.3 is 9.30 Å². The molecule has 0 aliphatic carbocycles. The summed E-state index contributed by atoms with van der Waals surface area (Å²) >= 11 is 0. The Balaban J connectivity index is 2.05. The predicted molar refractivity (Wildman–Crippen MR) is 78.7 cm³/mol. The summed E-state index contributed by atoms with van der Waals surface area (Å²) in [6, 6.07) is 9.34. The number of nitrogens with two attached hydrogens (primary N) is 1. The van der Waals surface area contributed by atoms with Crippen LogP contribution in [0.3, 0.4) is 0 Å². The average molecular weight is 308 g/mol. The van der Waals surface area contributed by atoms with Gasteiger partial charge in [-0.05, 0) is 36.8 Å². The molecule has 0 fully saturated rings. The minimum atomic E-state index is -3.71. The molecular weight excluding hydrogens is 292 g/mol. The first-order valence-corrected chi connectivity index (χ1v) is 7.84. The zero-order valence-electron chi connectivity index (χ0n) is 11.5. The third-order valence-electron chi connectivity index (χ3n) is 2.96. The molecule has 0 spiro atoms. The SMILES string of the molecule is Cc1cc(S(N)(=O)=O)ccc1OCCn1ccccc1=O. The monoisotopic (exact) mass is 308 g/mol. The lowest BCUT2D eigenvalue weighted by atomic mass is 10.2. The van der Waals surface area contributed by atoms with Crippen LogP contribution in [0.1, 0.15) is 5.56 Å². The first kappa shape index (κ1) is 15.3. The number of rotatable bonds is 5. The summed E-state index contributed by atoms with van der Waals surface area (Å²) in [6.45, 7) is 2.45. The number of ether oxygens (including phenoxy) is 1. The van der Waals surface area contributed by atoms with Gasteiger partial charge in [-0.3, -0.25) is 4.79 Å². The van der Waals surface area contributed by atoms with E-state index in [1.807, 2.05) is 0 Å². The van der Waals surface area contributed by atoms with Crippen molar-refractivity contribution >= 4 is 10.0 Å². The lowest BCUT2D eigenvalue weighted by Gasteiger charge is -2.11. The molecule has 0 aliphatic heterocycles. The van der Waals surface area contributed by atoms with E-state index in [0.29, 0.717) is 24.5 Å². The van der Waals surface area contributed by atoms with Crippen molar-refractivity contribution in [2.75, 3.05) is 6.61 Å². The molecule has 0 saturated heterocycles. The second-order valence-electron chi connectivity index (χ2n) is 4.55. The first-order valence-electron chi connectivity index (χ1n) is 6.29. The maximum Gasteiger partial charge on any atom is 0.250 e. The van der Waals surface area contributed by atoms with Gasteiger partial charge in [0.25, 0.3) is 5.56 Å². The van der Waals surface area contributed by atoms with E-state index in [1.54, 1.807) is 31.3 Å². The van der Waals surface area contributed by atoms with E-state index >= 15 is 0 Å². The summed E-state index contributed by atoms with van der Waals surface area (Å²) < 4.78 is 29.6. The number of pyridine rings is 1. The van der Waals surface area contributed by atoms with Crippen LogP contribution < -0.4 is 15.4 Å². The fraction of sp³-hybridized carbons (Fsp3) is 0.214. The molecule has 0 aliphatic rings. The first-order chi connectivity index (χ1) is 9.88. The van der Waals surface area contributed by atoms with Crippen LogP contribution >= 0.6 is 0 Å². The van der Waals surface area contributed by atoms with Crippen LogP contribution in [0.5, 0.6) is 5.75 Å². The van der Waals surface area contributed by atoms with Gasteiger partial charge in [0.15, 0.2) is 0 Å². The van der Waals surface area contributed by atoms with Crippen LogP contribution in [0.15, 0.2) is 52.3 Å². The number of aromatic nitrogens is 1. The van der Waals surface area contributed by atoms with Gasteiger partial charge in [-0.2, -0.15) is 0 Å². The molecule has 112 valence electrons. The lowest BCUT2D eigenvalue weighted by molar-refractivity contribution is 0.294. The van der Waals surface area contributed by atoms with Gasteiger partial charge in [-0.25, -0.2) is 13.6 Å². The summed E-state index contributed by atoms with van der Waals surface area (Å²) in [5.74, 6) is 0.561. The molecule has 0 amide bonds. The van der Waals surface area contributed by atoms with Crippen molar-refractivity contribution in [1.82, 2.24) is 4.57 Å². The van der Waals surface area contributed by atoms with Crippen LogP contribution in [0, 0.1) is 6.92 Å². The summed E-state index contributed by atoms with van der Waals surface area (Å²) in [5.41, 5.74) is 0.573. The van der Waals surface area contributed by atoms with Crippen molar-refractivity contribution < 1.29 is 13.2 Å². The van der Waals surface area contributed by atoms with Crippen molar-refractivity contribution in [2.45, 2.75) is 18.4 Å². The predicted octanol–water partition coefficient (Wildman–Crippen LogP) is 0.883. The van der Waals surface area contributed by atoms with Crippen molar-refractivity contribution in [3.8, 4) is 5.75 Å². The largest absolute Gasteiger partial charge is 0.491 e. The summed E-state index contributed by atoms with van der Waals surface area (Å²) in [6.07, 6.45) is 1.68. The number of nitrogens with zero attached hydrogens (tertiary/aromatic N) is 1. The Labute approximate surface area is 122 Å². The number of aryl methyl sites for hydroxylation is 1. The van der Waals surface area contributed by atoms with Crippen molar-refractivity contribution in [1.29, 1.82) is 0 Å². The van der Waals surface area contributed by atoms with E-state index in [0.717, 1.165) is 0 Å². The number of hydrogen-bond donors (Lipinski definition) is 1. The van der Waals surface area contributed by atoms with E-state index in [9.17, 15) is 13.2 Å². The van der Waals surface area contributed by atoms with Gasteiger partial charge in [0.2, 0.25) is 10.0 Å². The van der Waals surface area contributed by atoms with Gasteiger partial charge in [0, 0.05) is 12.3 Å². The van der Waals surface area contributed by atoms with E-state index in [2.05, 4.69) is 0 Å². The van der Waals surface area contributed by atoms with E-state index in [4.69, 9.17) is 9.88 Å². The topological polar surface area (TPSA) is 91.4 Å². The summed E-state index contributed by atoms with van der Waals surface area (Å²) in [7, 11) is -3.71.